The van der Waals surface area contributed by atoms with E-state index < -0.39 is 82.4 Å². The Hall–Kier alpha value is -3.88. The van der Waals surface area contributed by atoms with Gasteiger partial charge < -0.3 is 35.6 Å². The Kier molecular flexibility index (Phi) is 8.64. The number of phosphoric acid groups is 2. The number of imidazole rings is 1. The zero-order chi connectivity index (χ0) is 33.8. The summed E-state index contributed by atoms with van der Waals surface area (Å²) in [5, 5.41) is 0.192. The number of carbonyl (C=O) groups is 1. The Balaban J connectivity index is 1.16. The van der Waals surface area contributed by atoms with E-state index in [0.717, 1.165) is 10.9 Å². The van der Waals surface area contributed by atoms with E-state index in [0.29, 0.717) is 11.2 Å². The van der Waals surface area contributed by atoms with Crippen molar-refractivity contribution in [1.82, 2.24) is 29.1 Å². The van der Waals surface area contributed by atoms with Gasteiger partial charge in [0.2, 0.25) is 5.95 Å². The van der Waals surface area contributed by atoms with E-state index in [-0.39, 0.29) is 28.9 Å². The molecular weight excluding hydrogens is 670 g/mol. The summed E-state index contributed by atoms with van der Waals surface area (Å²) in [6.07, 6.45) is -4.15. The highest BCUT2D eigenvalue weighted by Crippen LogP contribution is 2.49. The number of ketones is 1. The second kappa shape index (κ2) is 12.3. The predicted molar refractivity (Wildman–Crippen MR) is 158 cm³/mol. The van der Waals surface area contributed by atoms with E-state index in [1.807, 2.05) is 0 Å². The Labute approximate surface area is 262 Å². The molecule has 2 saturated heterocycles. The van der Waals surface area contributed by atoms with Gasteiger partial charge in [-0.1, -0.05) is 6.92 Å². The topological polar surface area (TPSA) is 309 Å². The van der Waals surface area contributed by atoms with Gasteiger partial charge in [-0.15, -0.1) is 0 Å². The molecule has 2 aliphatic rings. The van der Waals surface area contributed by atoms with Crippen LogP contribution in [0.15, 0.2) is 40.4 Å². The molecule has 0 saturated carbocycles. The van der Waals surface area contributed by atoms with Crippen molar-refractivity contribution in [2.45, 2.75) is 44.1 Å². The molecule has 23 heteroatoms. The molecule has 252 valence electrons. The summed E-state index contributed by atoms with van der Waals surface area (Å²) in [6, 6.07) is 4.45. The largest absolute Gasteiger partial charge is 0.472 e. The number of nitrogens with two attached hydrogens (primary N) is 2. The summed E-state index contributed by atoms with van der Waals surface area (Å²) < 4.78 is 53.4. The third-order valence-electron chi connectivity index (χ3n) is 7.59. The second-order valence-electron chi connectivity index (χ2n) is 10.8. The lowest BCUT2D eigenvalue weighted by Gasteiger charge is -2.22. The summed E-state index contributed by atoms with van der Waals surface area (Å²) in [5.41, 5.74) is 10.9. The quantitative estimate of drug-likeness (QED) is 0.0914. The van der Waals surface area contributed by atoms with Gasteiger partial charge in [-0.05, 0) is 18.2 Å². The number of Topliss-reactive ketones (excluding diaryl/α,β-unsaturated/α-hetero) is 1. The van der Waals surface area contributed by atoms with Crippen LogP contribution in [0, 0.1) is 5.92 Å². The highest BCUT2D eigenvalue weighted by Gasteiger charge is 2.46. The highest BCUT2D eigenvalue weighted by molar-refractivity contribution is 7.47. The van der Waals surface area contributed by atoms with Crippen molar-refractivity contribution in [1.29, 1.82) is 0 Å². The van der Waals surface area contributed by atoms with Crippen LogP contribution in [0.3, 0.4) is 0 Å². The molecule has 47 heavy (non-hydrogen) atoms. The van der Waals surface area contributed by atoms with Crippen LogP contribution in [0.25, 0.3) is 22.1 Å². The van der Waals surface area contributed by atoms with Crippen LogP contribution >= 0.6 is 15.6 Å². The standard InChI is InChI=1S/C24H28N8O13P2/c1-10-19(33)16(44-23(10)32-9-28-18-20(32)29-24(26)30-21(18)34)7-42-47(39,40)45-14-5-17(43-15(14)6-41-46(36,37)38)31-8-27-13-4-11(25)2-3-12(13)22(31)35/h2-4,8-10,14-17,23H,5-7,25H2,1H3,(H,39,40)(H2,36,37,38)(H3,26,29,30,34)/t10-,14-,15+,16+,17+,23+/m0/s1. The fourth-order valence-electron chi connectivity index (χ4n) is 5.37. The van der Waals surface area contributed by atoms with Gasteiger partial charge in [0.15, 0.2) is 16.9 Å². The van der Waals surface area contributed by atoms with Crippen LogP contribution in [0.4, 0.5) is 11.6 Å². The molecule has 21 nitrogen and oxygen atoms in total. The molecule has 0 spiro atoms. The number of nitrogens with one attached hydrogen (secondary N) is 1. The number of hydrogen-bond donors (Lipinski definition) is 6. The molecule has 4 aromatic rings. The SMILES string of the molecule is C[C@H]1C(=O)[C@@H](COP(=O)(O)O[C@H]2C[C@H](n3cnc4cc(N)ccc4c3=O)O[C@@H]2COP(=O)(O)O)O[C@H]1n1cnc2c(=O)[nH]c(N)nc21. The van der Waals surface area contributed by atoms with Gasteiger partial charge in [0.25, 0.3) is 11.1 Å². The summed E-state index contributed by atoms with van der Waals surface area (Å²) in [7, 11) is -10.0. The summed E-state index contributed by atoms with van der Waals surface area (Å²) >= 11 is 0. The van der Waals surface area contributed by atoms with Crippen LogP contribution in [0.2, 0.25) is 0 Å². The number of aromatic amines is 1. The molecule has 1 aromatic carbocycles. The van der Waals surface area contributed by atoms with E-state index in [1.54, 1.807) is 0 Å². The maximum atomic E-state index is 13.2. The zero-order valence-corrected chi connectivity index (χ0v) is 26.0. The number of hydrogen-bond acceptors (Lipinski definition) is 15. The Morgan fingerprint density at radius 2 is 1.79 bits per heavy atom. The average Bonchev–Trinajstić information content (AvgIpc) is 3.66. The minimum absolute atomic E-state index is 0.0452. The zero-order valence-electron chi connectivity index (χ0n) is 24.2. The van der Waals surface area contributed by atoms with Gasteiger partial charge in [-0.25, -0.2) is 19.1 Å². The number of carbonyl (C=O) groups excluding carboxylic acids is 1. The predicted octanol–water partition coefficient (Wildman–Crippen LogP) is -0.304. The molecule has 1 unspecified atom stereocenters. The first-order valence-corrected chi connectivity index (χ1v) is 16.8. The lowest BCUT2D eigenvalue weighted by Crippen LogP contribution is -2.29. The number of nitrogens with zero attached hydrogens (tertiary/aromatic N) is 5. The van der Waals surface area contributed by atoms with E-state index in [2.05, 4.69) is 24.5 Å². The number of rotatable bonds is 10. The number of fused-ring (bicyclic) bond motifs is 2. The number of aromatic nitrogens is 6. The molecule has 3 aromatic heterocycles. The molecule has 2 fully saturated rings. The molecule has 5 heterocycles. The minimum Gasteiger partial charge on any atom is -0.399 e. The Morgan fingerprint density at radius 3 is 2.53 bits per heavy atom. The number of ether oxygens (including phenoxy) is 2. The molecule has 0 amide bonds. The second-order valence-corrected chi connectivity index (χ2v) is 13.4. The maximum absolute atomic E-state index is 13.2. The van der Waals surface area contributed by atoms with Gasteiger partial charge in [-0.3, -0.25) is 42.1 Å². The van der Waals surface area contributed by atoms with Gasteiger partial charge in [0, 0.05) is 12.1 Å². The van der Waals surface area contributed by atoms with Crippen molar-refractivity contribution in [3.05, 3.63) is 51.6 Å². The van der Waals surface area contributed by atoms with E-state index in [1.165, 1.54) is 36.0 Å². The van der Waals surface area contributed by atoms with Gasteiger partial charge >= 0.3 is 15.6 Å². The van der Waals surface area contributed by atoms with Crippen molar-refractivity contribution < 1.29 is 51.6 Å². The molecule has 2 aliphatic heterocycles. The summed E-state index contributed by atoms with van der Waals surface area (Å²) in [4.78, 5) is 81.9. The van der Waals surface area contributed by atoms with Crippen molar-refractivity contribution >= 4 is 55.1 Å². The first-order valence-electron chi connectivity index (χ1n) is 13.8. The van der Waals surface area contributed by atoms with Gasteiger partial charge in [-0.2, -0.15) is 4.98 Å². The number of benzene rings is 1. The highest BCUT2D eigenvalue weighted by atomic mass is 31.2. The average molecular weight is 698 g/mol. The number of anilines is 2. The third-order valence-corrected chi connectivity index (χ3v) is 9.08. The summed E-state index contributed by atoms with van der Waals surface area (Å²) in [6.45, 7) is 0.0000155. The normalized spacial score (nSPS) is 26.3. The number of nitrogen functional groups attached to an aromatic ring is 2. The Morgan fingerprint density at radius 1 is 1.04 bits per heavy atom. The van der Waals surface area contributed by atoms with Crippen molar-refractivity contribution in [2.75, 3.05) is 24.7 Å². The molecule has 0 aliphatic carbocycles. The van der Waals surface area contributed by atoms with Crippen LogP contribution in [0.1, 0.15) is 25.8 Å². The first-order chi connectivity index (χ1) is 22.1. The maximum Gasteiger partial charge on any atom is 0.472 e. The third kappa shape index (κ3) is 6.76. The van der Waals surface area contributed by atoms with Crippen LogP contribution in [-0.2, 0) is 37.0 Å². The number of phosphoric ester groups is 2. The molecule has 8 N–H and O–H groups in total. The monoisotopic (exact) mass is 698 g/mol. The van der Waals surface area contributed by atoms with Crippen LogP contribution in [0.5, 0.6) is 0 Å². The van der Waals surface area contributed by atoms with Crippen molar-refractivity contribution in [3.63, 3.8) is 0 Å². The summed E-state index contributed by atoms with van der Waals surface area (Å²) in [5.74, 6) is -1.52. The van der Waals surface area contributed by atoms with Gasteiger partial charge in [0.1, 0.15) is 37.1 Å². The van der Waals surface area contributed by atoms with E-state index in [9.17, 15) is 38.2 Å². The fraction of sp³-hybridized carbons (Fsp3) is 0.417. The number of H-pyrrole nitrogens is 1. The minimum atomic E-state index is -5.02. The lowest BCUT2D eigenvalue weighted by atomic mass is 10.0. The van der Waals surface area contributed by atoms with Crippen LogP contribution in [-0.4, -0.2) is 81.1 Å². The van der Waals surface area contributed by atoms with Crippen molar-refractivity contribution in [2.24, 2.45) is 5.92 Å². The Bertz CT molecular complexity index is 2080. The lowest BCUT2D eigenvalue weighted by molar-refractivity contribution is -0.125. The van der Waals surface area contributed by atoms with Crippen molar-refractivity contribution in [3.8, 4) is 0 Å². The fourth-order valence-corrected chi connectivity index (χ4v) is 6.66. The van der Waals surface area contributed by atoms with E-state index >= 15 is 0 Å². The van der Waals surface area contributed by atoms with E-state index in [4.69, 9.17) is 30.0 Å². The first kappa shape index (κ1) is 33.0. The smallest absolute Gasteiger partial charge is 0.399 e. The molecule has 0 radical (unpaired) electrons. The molecule has 7 atom stereocenters. The molecular formula is C24H28N8O13P2. The van der Waals surface area contributed by atoms with Crippen LogP contribution < -0.4 is 22.6 Å². The molecule has 0 bridgehead atoms. The van der Waals surface area contributed by atoms with Gasteiger partial charge in [0.05, 0.1) is 36.4 Å². The molecule has 6 rings (SSSR count).